The van der Waals surface area contributed by atoms with Gasteiger partial charge in [-0.15, -0.1) is 0 Å². The largest absolute Gasteiger partial charge is 0.508 e. The summed E-state index contributed by atoms with van der Waals surface area (Å²) in [4.78, 5) is 36.7. The number of methoxy groups -OCH3 is 2. The zero-order chi connectivity index (χ0) is 20.3. The van der Waals surface area contributed by atoms with Crippen molar-refractivity contribution in [3.05, 3.63) is 46.5 Å². The average molecular weight is 374 g/mol. The van der Waals surface area contributed by atoms with Gasteiger partial charge in [-0.1, -0.05) is 0 Å². The molecule has 8 heteroatoms. The van der Waals surface area contributed by atoms with Crippen molar-refractivity contribution in [2.24, 2.45) is 0 Å². The van der Waals surface area contributed by atoms with Gasteiger partial charge in [0.25, 0.3) is 0 Å². The summed E-state index contributed by atoms with van der Waals surface area (Å²) in [6.07, 6.45) is 0. The lowest BCUT2D eigenvalue weighted by molar-refractivity contribution is -0.131. The van der Waals surface area contributed by atoms with Crippen LogP contribution in [0.5, 0.6) is 23.0 Å². The molecule has 0 aliphatic heterocycles. The fraction of sp³-hybridized carbons (Fsp3) is 0.211. The molecule has 27 heavy (non-hydrogen) atoms. The van der Waals surface area contributed by atoms with Gasteiger partial charge in [0.15, 0.2) is 0 Å². The van der Waals surface area contributed by atoms with E-state index in [9.17, 15) is 24.6 Å². The summed E-state index contributed by atoms with van der Waals surface area (Å²) in [6, 6.07) is 4.89. The number of carbonyl (C=O) groups excluding carboxylic acids is 3. The van der Waals surface area contributed by atoms with Crippen LogP contribution in [0.3, 0.4) is 0 Å². The Balaban J connectivity index is 2.79. The van der Waals surface area contributed by atoms with E-state index in [-0.39, 0.29) is 33.9 Å². The molecule has 2 aromatic carbocycles. The fourth-order valence-corrected chi connectivity index (χ4v) is 2.59. The Labute approximate surface area is 154 Å². The highest BCUT2D eigenvalue weighted by Gasteiger charge is 2.29. The summed E-state index contributed by atoms with van der Waals surface area (Å²) in [7, 11) is 2.36. The second-order valence-electron chi connectivity index (χ2n) is 5.64. The maximum atomic E-state index is 13.2. The van der Waals surface area contributed by atoms with E-state index in [0.29, 0.717) is 5.56 Å². The first kappa shape index (κ1) is 19.8. The molecule has 0 saturated heterocycles. The number of ether oxygens (including phenoxy) is 3. The lowest BCUT2D eigenvalue weighted by Crippen LogP contribution is -2.15. The maximum Gasteiger partial charge on any atom is 0.338 e. The van der Waals surface area contributed by atoms with Crippen LogP contribution in [0, 0.1) is 6.92 Å². The first-order chi connectivity index (χ1) is 12.7. The minimum Gasteiger partial charge on any atom is -0.508 e. The number of rotatable bonds is 5. The number of esters is 2. The SMILES string of the molecule is COC(=O)c1cc(O)cc(OC)c1C(=O)c1c(O)cc(C)cc1OC(C)=O. The molecule has 0 unspecified atom stereocenters. The van der Waals surface area contributed by atoms with E-state index in [0.717, 1.165) is 26.2 Å². The van der Waals surface area contributed by atoms with E-state index in [4.69, 9.17) is 9.47 Å². The van der Waals surface area contributed by atoms with Crippen LogP contribution in [0.25, 0.3) is 0 Å². The molecule has 0 spiro atoms. The van der Waals surface area contributed by atoms with E-state index in [1.807, 2.05) is 0 Å². The molecular formula is C19H18O8. The van der Waals surface area contributed by atoms with E-state index < -0.39 is 23.5 Å². The highest BCUT2D eigenvalue weighted by atomic mass is 16.5. The van der Waals surface area contributed by atoms with Gasteiger partial charge in [-0.25, -0.2) is 4.79 Å². The van der Waals surface area contributed by atoms with Crippen LogP contribution in [0.15, 0.2) is 24.3 Å². The Bertz CT molecular complexity index is 930. The molecule has 0 radical (unpaired) electrons. The first-order valence-electron chi connectivity index (χ1n) is 7.75. The molecule has 2 aromatic rings. The summed E-state index contributed by atoms with van der Waals surface area (Å²) in [5.41, 5.74) is -0.307. The van der Waals surface area contributed by atoms with Gasteiger partial charge < -0.3 is 24.4 Å². The van der Waals surface area contributed by atoms with Crippen molar-refractivity contribution in [2.75, 3.05) is 14.2 Å². The summed E-state index contributed by atoms with van der Waals surface area (Å²) < 4.78 is 14.8. The van der Waals surface area contributed by atoms with Crippen LogP contribution >= 0.6 is 0 Å². The quantitative estimate of drug-likeness (QED) is 0.465. The van der Waals surface area contributed by atoms with Crippen molar-refractivity contribution in [1.29, 1.82) is 0 Å². The number of ketones is 1. The third-order valence-corrected chi connectivity index (χ3v) is 3.65. The predicted molar refractivity (Wildman–Crippen MR) is 93.6 cm³/mol. The second kappa shape index (κ2) is 7.77. The van der Waals surface area contributed by atoms with Crippen LogP contribution in [-0.2, 0) is 9.53 Å². The standard InChI is InChI=1S/C19H18O8/c1-9-5-13(22)17(15(6-9)27-10(2)20)18(23)16-12(19(24)26-4)7-11(21)8-14(16)25-3/h5-8,21-22H,1-4H3. The lowest BCUT2D eigenvalue weighted by atomic mass is 9.94. The molecule has 0 amide bonds. The summed E-state index contributed by atoms with van der Waals surface area (Å²) >= 11 is 0. The lowest BCUT2D eigenvalue weighted by Gasteiger charge is -2.16. The highest BCUT2D eigenvalue weighted by Crippen LogP contribution is 2.37. The number of carbonyl (C=O) groups is 3. The van der Waals surface area contributed by atoms with Gasteiger partial charge in [-0.3, -0.25) is 9.59 Å². The third kappa shape index (κ3) is 4.00. The zero-order valence-corrected chi connectivity index (χ0v) is 15.2. The Morgan fingerprint density at radius 2 is 1.59 bits per heavy atom. The Morgan fingerprint density at radius 1 is 0.926 bits per heavy atom. The van der Waals surface area contributed by atoms with Gasteiger partial charge in [0, 0.05) is 13.0 Å². The monoisotopic (exact) mass is 374 g/mol. The molecule has 0 saturated carbocycles. The van der Waals surface area contributed by atoms with Gasteiger partial charge >= 0.3 is 11.9 Å². The second-order valence-corrected chi connectivity index (χ2v) is 5.64. The third-order valence-electron chi connectivity index (χ3n) is 3.65. The zero-order valence-electron chi connectivity index (χ0n) is 15.2. The Kier molecular flexibility index (Phi) is 5.69. The molecular weight excluding hydrogens is 356 g/mol. The number of aromatic hydroxyl groups is 2. The van der Waals surface area contributed by atoms with Crippen molar-refractivity contribution < 1.29 is 38.8 Å². The van der Waals surface area contributed by atoms with Crippen molar-refractivity contribution in [2.45, 2.75) is 13.8 Å². The van der Waals surface area contributed by atoms with Gasteiger partial charge in [0.1, 0.15) is 28.6 Å². The minimum atomic E-state index is -0.895. The van der Waals surface area contributed by atoms with Gasteiger partial charge in [0.2, 0.25) is 5.78 Å². The van der Waals surface area contributed by atoms with Gasteiger partial charge in [-0.2, -0.15) is 0 Å². The molecule has 0 aliphatic carbocycles. The number of benzene rings is 2. The van der Waals surface area contributed by atoms with Crippen LogP contribution in [0.4, 0.5) is 0 Å². The summed E-state index contributed by atoms with van der Waals surface area (Å²) in [5, 5.41) is 20.1. The van der Waals surface area contributed by atoms with Crippen LogP contribution in [0.1, 0.15) is 38.8 Å². The fourth-order valence-electron chi connectivity index (χ4n) is 2.59. The van der Waals surface area contributed by atoms with E-state index in [1.54, 1.807) is 6.92 Å². The molecule has 0 atom stereocenters. The predicted octanol–water partition coefficient (Wildman–Crippen LogP) is 2.36. The maximum absolute atomic E-state index is 13.2. The summed E-state index contributed by atoms with van der Waals surface area (Å²) in [5.74, 6) is -3.49. The first-order valence-corrected chi connectivity index (χ1v) is 7.75. The van der Waals surface area contributed by atoms with Gasteiger partial charge in [0.05, 0.1) is 25.3 Å². The van der Waals surface area contributed by atoms with Crippen LogP contribution < -0.4 is 9.47 Å². The van der Waals surface area contributed by atoms with Gasteiger partial charge in [-0.05, 0) is 30.7 Å². The van der Waals surface area contributed by atoms with Crippen LogP contribution in [0.2, 0.25) is 0 Å². The van der Waals surface area contributed by atoms with E-state index >= 15 is 0 Å². The number of aryl methyl sites for hydroxylation is 1. The van der Waals surface area contributed by atoms with Crippen LogP contribution in [-0.4, -0.2) is 42.2 Å². The highest BCUT2D eigenvalue weighted by molar-refractivity contribution is 6.19. The molecule has 2 rings (SSSR count). The summed E-state index contributed by atoms with van der Waals surface area (Å²) in [6.45, 7) is 2.79. The van der Waals surface area contributed by atoms with Crippen molar-refractivity contribution in [3.63, 3.8) is 0 Å². The normalized spacial score (nSPS) is 10.2. The molecule has 2 N–H and O–H groups in total. The van der Waals surface area contributed by atoms with Crippen molar-refractivity contribution >= 4 is 17.7 Å². The average Bonchev–Trinajstić information content (AvgIpc) is 2.58. The minimum absolute atomic E-state index is 0.117. The van der Waals surface area contributed by atoms with Crippen molar-refractivity contribution in [3.8, 4) is 23.0 Å². The number of hydrogen-bond acceptors (Lipinski definition) is 8. The number of hydrogen-bond donors (Lipinski definition) is 2. The topological polar surface area (TPSA) is 119 Å². The smallest absolute Gasteiger partial charge is 0.338 e. The molecule has 0 aromatic heterocycles. The molecule has 8 nitrogen and oxygen atoms in total. The Hall–Kier alpha value is -3.55. The Morgan fingerprint density at radius 3 is 2.15 bits per heavy atom. The molecule has 142 valence electrons. The number of phenols is 2. The molecule has 0 fully saturated rings. The van der Waals surface area contributed by atoms with Crippen molar-refractivity contribution in [1.82, 2.24) is 0 Å². The molecule has 0 bridgehead atoms. The molecule has 0 aliphatic rings. The number of phenolic OH excluding ortho intramolecular Hbond substituents is 2. The van der Waals surface area contributed by atoms with E-state index in [1.165, 1.54) is 19.2 Å². The van der Waals surface area contributed by atoms with E-state index in [2.05, 4.69) is 4.74 Å². The molecule has 0 heterocycles.